The minimum atomic E-state index is -3.73. The number of hydrogen-bond donors (Lipinski definition) is 1. The van der Waals surface area contributed by atoms with E-state index in [1.807, 2.05) is 57.8 Å². The van der Waals surface area contributed by atoms with E-state index in [2.05, 4.69) is 10.3 Å². The monoisotopic (exact) mass is 408 g/mol. The van der Waals surface area contributed by atoms with Gasteiger partial charge in [0.2, 0.25) is 10.0 Å². The summed E-state index contributed by atoms with van der Waals surface area (Å²) in [5, 5.41) is 13.2. The molecule has 6 nitrogen and oxygen atoms in total. The number of aromatic nitrogens is 3. The van der Waals surface area contributed by atoms with Crippen LogP contribution in [0.5, 0.6) is 0 Å². The second-order valence-corrected chi connectivity index (χ2v) is 6.79. The van der Waals surface area contributed by atoms with Crippen molar-refractivity contribution >= 4 is 10.0 Å². The van der Waals surface area contributed by atoms with Gasteiger partial charge in [-0.3, -0.25) is 0 Å². The van der Waals surface area contributed by atoms with Gasteiger partial charge in [0.1, 0.15) is 0 Å². The Morgan fingerprint density at radius 1 is 0.923 bits per heavy atom. The number of benzene rings is 1. The van der Waals surface area contributed by atoms with Gasteiger partial charge in [-0.25, -0.2) is 18.2 Å². The van der Waals surface area contributed by atoms with Crippen molar-refractivity contribution in [2.24, 2.45) is 5.14 Å². The van der Waals surface area contributed by atoms with E-state index in [0.29, 0.717) is 5.69 Å². The Morgan fingerprint density at radius 3 is 2.12 bits per heavy atom. The van der Waals surface area contributed by atoms with Gasteiger partial charge in [0, 0.05) is 5.92 Å². The molecule has 0 aliphatic heterocycles. The van der Waals surface area contributed by atoms with Crippen LogP contribution in [0.2, 0.25) is 0 Å². The van der Waals surface area contributed by atoms with Crippen LogP contribution in [-0.2, 0) is 27.1 Å². The molecule has 0 amide bonds. The van der Waals surface area contributed by atoms with E-state index >= 15 is 0 Å². The summed E-state index contributed by atoms with van der Waals surface area (Å²) in [6.45, 7) is 0. The molecule has 2 fully saturated rings. The molecule has 132 valence electrons. The van der Waals surface area contributed by atoms with Crippen LogP contribution >= 0.6 is 0 Å². The molecule has 10 radical (unpaired) electrons. The summed E-state index contributed by atoms with van der Waals surface area (Å²) in [6, 6.07) is 6.24. The molecule has 0 saturated heterocycles. The molecule has 0 atom stereocenters. The van der Waals surface area contributed by atoms with Crippen molar-refractivity contribution in [1.82, 2.24) is 15.0 Å². The largest absolute Gasteiger partial charge is 2.00 e. The molecule has 2 aromatic rings. The van der Waals surface area contributed by atoms with Gasteiger partial charge in [0.05, 0.1) is 22.5 Å². The van der Waals surface area contributed by atoms with E-state index in [1.165, 1.54) is 16.8 Å². The fourth-order valence-corrected chi connectivity index (χ4v) is 2.74. The van der Waals surface area contributed by atoms with Crippen LogP contribution in [0.1, 0.15) is 5.69 Å². The van der Waals surface area contributed by atoms with Gasteiger partial charge >= 0.3 is 17.1 Å². The standard InChI is InChI=1S/C13H11N4O2S.C5H5.Fe/c14-20(18,19)12-7-3-6-11(8-12)17-9-13(15-16-17)10-4-1-2-5-10;1-2-4-5-3-1;/h1-9H,(H2,14,18,19);1-5H;/q;;+2. The Kier molecular flexibility index (Phi) is 7.83. The molecule has 1 aromatic carbocycles. The van der Waals surface area contributed by atoms with Crippen LogP contribution in [-0.4, -0.2) is 23.4 Å². The molecule has 26 heavy (non-hydrogen) atoms. The maximum absolute atomic E-state index is 11.3. The average Bonchev–Trinajstić information content (AvgIpc) is 3.37. The van der Waals surface area contributed by atoms with Gasteiger partial charge in [-0.15, -0.1) is 5.10 Å². The molecule has 2 saturated carbocycles. The van der Waals surface area contributed by atoms with E-state index in [9.17, 15) is 8.42 Å². The normalized spacial score (nSPS) is 17.4. The summed E-state index contributed by atoms with van der Waals surface area (Å²) in [5.41, 5.74) is 1.30. The Hall–Kier alpha value is -1.21. The van der Waals surface area contributed by atoms with Crippen molar-refractivity contribution in [2.75, 3.05) is 0 Å². The summed E-state index contributed by atoms with van der Waals surface area (Å²) in [6.07, 6.45) is 19.4. The molecule has 2 aliphatic rings. The topological polar surface area (TPSA) is 90.9 Å². The SMILES string of the molecule is NS(=O)(=O)c1cccc(-n2cc([C]3[CH][CH][CH][CH]3)nn2)c1.[CH]1[CH][CH][CH][CH]1.[Fe+2]. The van der Waals surface area contributed by atoms with Gasteiger partial charge in [-0.2, -0.15) is 0 Å². The fourth-order valence-electron chi connectivity index (χ4n) is 2.19. The molecule has 8 heteroatoms. The maximum Gasteiger partial charge on any atom is 2.00 e. The Balaban J connectivity index is 0.000000351. The first-order chi connectivity index (χ1) is 12.0. The van der Waals surface area contributed by atoms with Crippen LogP contribution in [0.25, 0.3) is 5.69 Å². The predicted molar refractivity (Wildman–Crippen MR) is 93.8 cm³/mol. The minimum Gasteiger partial charge on any atom is -0.225 e. The van der Waals surface area contributed by atoms with Crippen LogP contribution in [0.3, 0.4) is 0 Å². The van der Waals surface area contributed by atoms with E-state index in [4.69, 9.17) is 5.14 Å². The Morgan fingerprint density at radius 2 is 1.54 bits per heavy atom. The summed E-state index contributed by atoms with van der Waals surface area (Å²) in [4.78, 5) is 0.0420. The van der Waals surface area contributed by atoms with E-state index < -0.39 is 10.0 Å². The third-order valence-electron chi connectivity index (χ3n) is 3.42. The van der Waals surface area contributed by atoms with Crippen LogP contribution < -0.4 is 5.14 Å². The molecular weight excluding hydrogens is 392 g/mol. The third-order valence-corrected chi connectivity index (χ3v) is 4.33. The van der Waals surface area contributed by atoms with Gasteiger partial charge in [-0.05, 0) is 76.0 Å². The molecule has 1 aromatic heterocycles. The third kappa shape index (κ3) is 5.64. The quantitative estimate of drug-likeness (QED) is 0.783. The molecule has 1 heterocycles. The van der Waals surface area contributed by atoms with E-state index in [1.54, 1.807) is 18.3 Å². The van der Waals surface area contributed by atoms with Crippen molar-refractivity contribution in [3.63, 3.8) is 0 Å². The van der Waals surface area contributed by atoms with Crippen LogP contribution in [0.15, 0.2) is 35.4 Å². The summed E-state index contributed by atoms with van der Waals surface area (Å²) in [7, 11) is -3.73. The van der Waals surface area contributed by atoms with E-state index in [-0.39, 0.29) is 22.0 Å². The minimum absolute atomic E-state index is 0. The second-order valence-electron chi connectivity index (χ2n) is 5.23. The first kappa shape index (κ1) is 21.1. The van der Waals surface area contributed by atoms with Crippen molar-refractivity contribution in [1.29, 1.82) is 0 Å². The summed E-state index contributed by atoms with van der Waals surface area (Å²) in [5.74, 6) is 0.957. The van der Waals surface area contributed by atoms with Gasteiger partial charge < -0.3 is 0 Å². The van der Waals surface area contributed by atoms with Crippen molar-refractivity contribution < 1.29 is 25.5 Å². The molecule has 2 N–H and O–H groups in total. The summed E-state index contributed by atoms with van der Waals surface area (Å²) >= 11 is 0. The average molecular weight is 408 g/mol. The van der Waals surface area contributed by atoms with Crippen LogP contribution in [0, 0.1) is 63.7 Å². The molecule has 0 spiro atoms. The number of nitrogens with two attached hydrogens (primary N) is 1. The van der Waals surface area contributed by atoms with Gasteiger partial charge in [0.15, 0.2) is 0 Å². The van der Waals surface area contributed by atoms with Crippen molar-refractivity contribution in [3.05, 3.63) is 99.9 Å². The van der Waals surface area contributed by atoms with E-state index in [0.717, 1.165) is 11.6 Å². The Bertz CT molecular complexity index is 789. The number of rotatable bonds is 3. The first-order valence-electron chi connectivity index (χ1n) is 7.48. The second kappa shape index (κ2) is 9.65. The maximum atomic E-state index is 11.3. The zero-order valence-electron chi connectivity index (χ0n) is 13.6. The molecule has 2 aliphatic carbocycles. The van der Waals surface area contributed by atoms with Crippen molar-refractivity contribution in [3.8, 4) is 5.69 Å². The van der Waals surface area contributed by atoms with Gasteiger partial charge in [0.25, 0.3) is 0 Å². The molecule has 0 unspecified atom stereocenters. The van der Waals surface area contributed by atoms with Crippen molar-refractivity contribution in [2.45, 2.75) is 4.90 Å². The number of hydrogen-bond acceptors (Lipinski definition) is 4. The van der Waals surface area contributed by atoms with Gasteiger partial charge in [-0.1, -0.05) is 11.3 Å². The fraction of sp³-hybridized carbons (Fsp3) is 0. The first-order valence-corrected chi connectivity index (χ1v) is 9.03. The molecule has 0 bridgehead atoms. The molecule has 4 rings (SSSR count). The number of nitrogens with zero attached hydrogens (tertiary/aromatic N) is 3. The zero-order chi connectivity index (χ0) is 17.7. The Labute approximate surface area is 166 Å². The number of primary sulfonamides is 1. The number of sulfonamides is 1. The summed E-state index contributed by atoms with van der Waals surface area (Å²) < 4.78 is 24.2. The zero-order valence-corrected chi connectivity index (χ0v) is 15.5. The smallest absolute Gasteiger partial charge is 0.225 e. The molecular formula is C18H16FeN4O2S+2. The van der Waals surface area contributed by atoms with Crippen LogP contribution in [0.4, 0.5) is 0 Å². The predicted octanol–water partition coefficient (Wildman–Crippen LogP) is 1.69.